The summed E-state index contributed by atoms with van der Waals surface area (Å²) in [5.41, 5.74) is 6.63. The summed E-state index contributed by atoms with van der Waals surface area (Å²) in [5, 5.41) is 0. The Hall–Kier alpha value is -0.146. The molecule has 19 heavy (non-hydrogen) atoms. The van der Waals surface area contributed by atoms with Crippen molar-refractivity contribution >= 4 is 32.4 Å². The van der Waals surface area contributed by atoms with Crippen LogP contribution in [0.1, 0.15) is 18.1 Å². The van der Waals surface area contributed by atoms with E-state index in [1.165, 1.54) is 27.8 Å². The number of hydrogen-bond donors (Lipinski definition) is 0. The molecule has 0 nitrogen and oxygen atoms in total. The number of allylic oxidation sites excluding steroid dienone is 1. The molecule has 0 bridgehead atoms. The van der Waals surface area contributed by atoms with E-state index >= 15 is 0 Å². The zero-order valence-electron chi connectivity index (χ0n) is 10.5. The van der Waals surface area contributed by atoms with Gasteiger partial charge in [0, 0.05) is 6.42 Å². The minimum absolute atomic E-state index is 0.125. The minimum atomic E-state index is 0.125. The molecule has 3 heteroatoms. The summed E-state index contributed by atoms with van der Waals surface area (Å²) < 4.78 is 0. The zero-order valence-corrected chi connectivity index (χ0v) is 15.3. The normalized spacial score (nSPS) is 12.1. The quantitative estimate of drug-likeness (QED) is 0.503. The van der Waals surface area contributed by atoms with Crippen molar-refractivity contribution in [2.24, 2.45) is 0 Å². The van der Waals surface area contributed by atoms with Crippen LogP contribution in [0.3, 0.4) is 0 Å². The van der Waals surface area contributed by atoms with Crippen LogP contribution in [0, 0.1) is 6.42 Å². The molecule has 0 unspecified atom stereocenters. The topological polar surface area (TPSA) is 0 Å². The van der Waals surface area contributed by atoms with Crippen LogP contribution in [0.15, 0.2) is 54.1 Å². The van der Waals surface area contributed by atoms with Crippen molar-refractivity contribution < 1.29 is 15.0 Å². The van der Waals surface area contributed by atoms with Gasteiger partial charge >= 0.3 is 41.3 Å². The molecule has 2 aromatic carbocycles. The molecular formula is C16H13Br2Ti. The number of halogens is 2. The van der Waals surface area contributed by atoms with Gasteiger partial charge in [0.05, 0.1) is 0 Å². The second kappa shape index (κ2) is 7.59. The van der Waals surface area contributed by atoms with Crippen molar-refractivity contribution in [1.82, 2.24) is 0 Å². The van der Waals surface area contributed by atoms with E-state index in [9.17, 15) is 0 Å². The average Bonchev–Trinajstić information content (AvgIpc) is 2.80. The first-order chi connectivity index (χ1) is 9.26. The summed E-state index contributed by atoms with van der Waals surface area (Å²) >= 11 is 6.50. The van der Waals surface area contributed by atoms with Crippen molar-refractivity contribution in [3.63, 3.8) is 0 Å². The maximum atomic E-state index is 3.19. The number of rotatable bonds is 1. The summed E-state index contributed by atoms with van der Waals surface area (Å²) in [6.07, 6.45) is 4.50. The van der Waals surface area contributed by atoms with Gasteiger partial charge in [-0.2, -0.15) is 0 Å². The van der Waals surface area contributed by atoms with Crippen molar-refractivity contribution in [3.8, 4) is 11.1 Å². The van der Waals surface area contributed by atoms with Crippen LogP contribution in [-0.2, 0) is 15.0 Å². The van der Waals surface area contributed by atoms with E-state index in [0.29, 0.717) is 0 Å². The summed E-state index contributed by atoms with van der Waals surface area (Å²) in [6, 6.07) is 17.1. The van der Waals surface area contributed by atoms with Crippen molar-refractivity contribution in [2.45, 2.75) is 6.92 Å². The predicted octanol–water partition coefficient (Wildman–Crippen LogP) is 6.01. The molecule has 1 aliphatic rings. The third kappa shape index (κ3) is 3.92. The van der Waals surface area contributed by atoms with E-state index in [0.717, 1.165) is 0 Å². The van der Waals surface area contributed by atoms with Crippen LogP contribution >= 0.6 is 26.3 Å². The number of fused-ring (bicyclic) bond motifs is 1. The van der Waals surface area contributed by atoms with E-state index < -0.39 is 0 Å². The molecule has 0 amide bonds. The Morgan fingerprint density at radius 2 is 1.58 bits per heavy atom. The van der Waals surface area contributed by atoms with E-state index in [4.69, 9.17) is 0 Å². The van der Waals surface area contributed by atoms with Gasteiger partial charge in [-0.25, -0.2) is 0 Å². The van der Waals surface area contributed by atoms with Gasteiger partial charge in [0.1, 0.15) is 0 Å². The SMILES string of the molecule is CC1=Cc2c(cccc2-c2ccccc2)[CH]1.[Br][Ti][Br]. The van der Waals surface area contributed by atoms with Gasteiger partial charge in [-0.15, -0.1) is 0 Å². The molecule has 0 atom stereocenters. The van der Waals surface area contributed by atoms with Crippen LogP contribution in [-0.4, -0.2) is 0 Å². The molecule has 1 radical (unpaired) electrons. The fourth-order valence-corrected chi connectivity index (χ4v) is 2.25. The Bertz CT molecular complexity index is 577. The second-order valence-electron chi connectivity index (χ2n) is 4.28. The predicted molar refractivity (Wildman–Crippen MR) is 86.8 cm³/mol. The summed E-state index contributed by atoms with van der Waals surface area (Å²) in [6.45, 7) is 2.15. The van der Waals surface area contributed by atoms with Gasteiger partial charge in [-0.3, -0.25) is 0 Å². The Balaban J connectivity index is 0.000000408. The fourth-order valence-electron chi connectivity index (χ4n) is 2.25. The first-order valence-corrected chi connectivity index (χ1v) is 13.7. The molecule has 95 valence electrons. The Kier molecular flexibility index (Phi) is 6.09. The molecule has 0 aliphatic heterocycles. The number of hydrogen-bond acceptors (Lipinski definition) is 0. The van der Waals surface area contributed by atoms with Crippen LogP contribution < -0.4 is 0 Å². The fraction of sp³-hybridized carbons (Fsp3) is 0.0625. The second-order valence-corrected chi connectivity index (χ2v) is 12.2. The zero-order chi connectivity index (χ0) is 13.7. The van der Waals surface area contributed by atoms with Crippen molar-refractivity contribution in [1.29, 1.82) is 0 Å². The van der Waals surface area contributed by atoms with Gasteiger partial charge in [0.2, 0.25) is 0 Å². The van der Waals surface area contributed by atoms with Gasteiger partial charge in [-0.05, 0) is 29.2 Å². The molecule has 0 fully saturated rings. The number of benzene rings is 2. The van der Waals surface area contributed by atoms with E-state index in [1.54, 1.807) is 0 Å². The monoisotopic (exact) mass is 411 g/mol. The molecule has 0 N–H and O–H groups in total. The van der Waals surface area contributed by atoms with Crippen LogP contribution in [0.2, 0.25) is 0 Å². The van der Waals surface area contributed by atoms with E-state index in [1.807, 2.05) is 0 Å². The molecule has 1 aliphatic carbocycles. The van der Waals surface area contributed by atoms with Crippen molar-refractivity contribution in [2.75, 3.05) is 0 Å². The Morgan fingerprint density at radius 1 is 0.895 bits per heavy atom. The van der Waals surface area contributed by atoms with Crippen LogP contribution in [0.5, 0.6) is 0 Å². The van der Waals surface area contributed by atoms with E-state index in [-0.39, 0.29) is 15.0 Å². The first kappa shape index (κ1) is 15.2. The molecule has 0 aromatic heterocycles. The molecule has 0 spiro atoms. The van der Waals surface area contributed by atoms with Gasteiger partial charge < -0.3 is 0 Å². The van der Waals surface area contributed by atoms with Gasteiger partial charge in [0.15, 0.2) is 0 Å². The molecule has 2 aromatic rings. The third-order valence-electron chi connectivity index (χ3n) is 2.98. The average molecular weight is 413 g/mol. The summed E-state index contributed by atoms with van der Waals surface area (Å²) in [5.74, 6) is 0. The molecular weight excluding hydrogens is 400 g/mol. The van der Waals surface area contributed by atoms with Gasteiger partial charge in [-0.1, -0.05) is 60.2 Å². The van der Waals surface area contributed by atoms with Crippen LogP contribution in [0.25, 0.3) is 17.2 Å². The Morgan fingerprint density at radius 3 is 2.26 bits per heavy atom. The Labute approximate surface area is 136 Å². The van der Waals surface area contributed by atoms with Gasteiger partial charge in [0.25, 0.3) is 0 Å². The third-order valence-corrected chi connectivity index (χ3v) is 2.98. The summed E-state index contributed by atoms with van der Waals surface area (Å²) in [7, 11) is 0. The molecule has 0 heterocycles. The van der Waals surface area contributed by atoms with Crippen molar-refractivity contribution in [3.05, 3.63) is 71.7 Å². The van der Waals surface area contributed by atoms with Crippen LogP contribution in [0.4, 0.5) is 0 Å². The standard InChI is InChI=1S/C16H13.2BrH.Ti/c1-12-10-14-8-5-9-15(16(14)11-12)13-6-3-2-4-7-13;;;/h2-11H,1H3;2*1H;/q;;;+2/p-2. The van der Waals surface area contributed by atoms with E-state index in [2.05, 4.69) is 94.3 Å². The first-order valence-electron chi connectivity index (χ1n) is 5.94. The maximum absolute atomic E-state index is 3.19. The molecule has 3 rings (SSSR count). The summed E-state index contributed by atoms with van der Waals surface area (Å²) in [4.78, 5) is 0. The molecule has 0 saturated heterocycles. The molecule has 0 saturated carbocycles.